The van der Waals surface area contributed by atoms with Crippen molar-refractivity contribution in [2.45, 2.75) is 37.3 Å². The Bertz CT molecular complexity index is 167. The Morgan fingerprint density at radius 1 is 0.706 bits per heavy atom. The summed E-state index contributed by atoms with van der Waals surface area (Å²) in [7, 11) is 0. The zero-order chi connectivity index (χ0) is 13.3. The second-order valence-electron chi connectivity index (χ2n) is 4.22. The highest BCUT2D eigenvalue weighted by Crippen LogP contribution is 1.98. The summed E-state index contributed by atoms with van der Waals surface area (Å²) >= 11 is 0. The van der Waals surface area contributed by atoms with Gasteiger partial charge >= 0.3 is 0 Å². The Balaban J connectivity index is 3.55. The van der Waals surface area contributed by atoms with Gasteiger partial charge in [0.05, 0.1) is 24.4 Å². The van der Waals surface area contributed by atoms with Crippen LogP contribution in [0.2, 0.25) is 0 Å². The lowest BCUT2D eigenvalue weighted by Crippen LogP contribution is -2.37. The molecular formula is C10H25N3O4. The number of hydrogen-bond donors (Lipinski definition) is 7. The fraction of sp³-hybridized carbons (Fsp3) is 1.00. The van der Waals surface area contributed by atoms with Gasteiger partial charge in [-0.15, -0.1) is 0 Å². The molecule has 0 aliphatic carbocycles. The highest BCUT2D eigenvalue weighted by atomic mass is 16.3. The van der Waals surface area contributed by atoms with Gasteiger partial charge in [0.1, 0.15) is 0 Å². The molecule has 4 atom stereocenters. The third kappa shape index (κ3) is 9.42. The molecule has 7 heteroatoms. The lowest BCUT2D eigenvalue weighted by atomic mass is 10.1. The molecule has 0 saturated heterocycles. The van der Waals surface area contributed by atoms with Crippen LogP contribution in [0.5, 0.6) is 0 Å². The lowest BCUT2D eigenvalue weighted by Gasteiger charge is -2.18. The van der Waals surface area contributed by atoms with Crippen LogP contribution in [-0.2, 0) is 0 Å². The first kappa shape index (κ1) is 16.7. The Hall–Kier alpha value is -0.280. The van der Waals surface area contributed by atoms with Crippen LogP contribution in [0.1, 0.15) is 12.8 Å². The minimum Gasteiger partial charge on any atom is -0.392 e. The Morgan fingerprint density at radius 3 is 1.35 bits per heavy atom. The van der Waals surface area contributed by atoms with Gasteiger partial charge in [0.2, 0.25) is 0 Å². The molecule has 104 valence electrons. The average molecular weight is 251 g/mol. The predicted molar refractivity (Wildman–Crippen MR) is 64.2 cm³/mol. The van der Waals surface area contributed by atoms with E-state index in [9.17, 15) is 20.4 Å². The fourth-order valence-corrected chi connectivity index (χ4v) is 1.40. The highest BCUT2D eigenvalue weighted by molar-refractivity contribution is 4.70. The molecule has 0 unspecified atom stereocenters. The molecule has 0 aromatic carbocycles. The normalized spacial score (nSPS) is 18.7. The molecule has 0 aliphatic heterocycles. The van der Waals surface area contributed by atoms with E-state index in [2.05, 4.69) is 5.32 Å². The second kappa shape index (κ2) is 9.72. The first-order valence-corrected chi connectivity index (χ1v) is 5.82. The molecule has 0 fully saturated rings. The summed E-state index contributed by atoms with van der Waals surface area (Å²) in [6, 6.07) is 0. The van der Waals surface area contributed by atoms with Gasteiger partial charge in [-0.25, -0.2) is 0 Å². The summed E-state index contributed by atoms with van der Waals surface area (Å²) in [5, 5.41) is 40.1. The van der Waals surface area contributed by atoms with Gasteiger partial charge in [0.25, 0.3) is 0 Å². The SMILES string of the molecule is NC[C@@H](O)C[C@H](O)CNC[C@H](O)C[C@@H](O)CN. The van der Waals surface area contributed by atoms with E-state index in [1.165, 1.54) is 0 Å². The molecule has 0 amide bonds. The van der Waals surface area contributed by atoms with Crippen LogP contribution in [0.25, 0.3) is 0 Å². The molecule has 17 heavy (non-hydrogen) atoms. The molecular weight excluding hydrogens is 226 g/mol. The van der Waals surface area contributed by atoms with E-state index < -0.39 is 24.4 Å². The molecule has 0 aromatic rings. The van der Waals surface area contributed by atoms with Crippen molar-refractivity contribution in [3.05, 3.63) is 0 Å². The van der Waals surface area contributed by atoms with Crippen LogP contribution in [0.3, 0.4) is 0 Å². The minimum absolute atomic E-state index is 0.113. The number of nitrogens with one attached hydrogen (secondary N) is 1. The molecule has 0 aromatic heterocycles. The third-order valence-corrected chi connectivity index (χ3v) is 2.39. The van der Waals surface area contributed by atoms with Crippen molar-refractivity contribution in [3.8, 4) is 0 Å². The lowest BCUT2D eigenvalue weighted by molar-refractivity contribution is 0.0701. The average Bonchev–Trinajstić information content (AvgIpc) is 2.28. The standard InChI is InChI=1S/C10H25N3O4/c11-3-7(14)1-9(16)5-13-6-10(17)2-8(15)4-12/h7-10,13-17H,1-6,11-12H2/t7-,8+,9-,10+. The van der Waals surface area contributed by atoms with Gasteiger partial charge in [0.15, 0.2) is 0 Å². The topological polar surface area (TPSA) is 145 Å². The smallest absolute Gasteiger partial charge is 0.0689 e. The maximum atomic E-state index is 9.46. The van der Waals surface area contributed by atoms with Crippen LogP contribution < -0.4 is 16.8 Å². The monoisotopic (exact) mass is 251 g/mol. The summed E-state index contributed by atoms with van der Waals surface area (Å²) in [6.45, 7) is 0.741. The number of aliphatic hydroxyl groups excluding tert-OH is 4. The molecule has 0 saturated carbocycles. The molecule has 0 radical (unpaired) electrons. The van der Waals surface area contributed by atoms with Gasteiger partial charge in [-0.2, -0.15) is 0 Å². The van der Waals surface area contributed by atoms with E-state index in [4.69, 9.17) is 11.5 Å². The Kier molecular flexibility index (Phi) is 9.56. The van der Waals surface area contributed by atoms with Gasteiger partial charge in [-0.3, -0.25) is 0 Å². The predicted octanol–water partition coefficient (Wildman–Crippen LogP) is -3.28. The first-order chi connectivity index (χ1) is 7.99. The van der Waals surface area contributed by atoms with Crippen LogP contribution in [-0.4, -0.2) is 71.0 Å². The van der Waals surface area contributed by atoms with E-state index >= 15 is 0 Å². The van der Waals surface area contributed by atoms with Crippen molar-refractivity contribution in [2.75, 3.05) is 26.2 Å². The van der Waals surface area contributed by atoms with Crippen LogP contribution in [0.15, 0.2) is 0 Å². The van der Waals surface area contributed by atoms with Crippen molar-refractivity contribution >= 4 is 0 Å². The van der Waals surface area contributed by atoms with E-state index in [1.54, 1.807) is 0 Å². The van der Waals surface area contributed by atoms with E-state index in [1.807, 2.05) is 0 Å². The van der Waals surface area contributed by atoms with E-state index in [-0.39, 0.29) is 39.0 Å². The number of nitrogens with two attached hydrogens (primary N) is 2. The summed E-state index contributed by atoms with van der Waals surface area (Å²) in [6.07, 6.45) is -2.44. The van der Waals surface area contributed by atoms with Crippen molar-refractivity contribution in [2.24, 2.45) is 11.5 Å². The number of aliphatic hydroxyl groups is 4. The zero-order valence-corrected chi connectivity index (χ0v) is 10.00. The molecule has 0 rings (SSSR count). The van der Waals surface area contributed by atoms with Crippen LogP contribution >= 0.6 is 0 Å². The first-order valence-electron chi connectivity index (χ1n) is 5.82. The zero-order valence-electron chi connectivity index (χ0n) is 10.00. The highest BCUT2D eigenvalue weighted by Gasteiger charge is 2.13. The van der Waals surface area contributed by atoms with Gasteiger partial charge in [0, 0.05) is 39.0 Å². The maximum absolute atomic E-state index is 9.46. The molecule has 7 nitrogen and oxygen atoms in total. The molecule has 0 aliphatic rings. The third-order valence-electron chi connectivity index (χ3n) is 2.39. The van der Waals surface area contributed by atoms with Crippen LogP contribution in [0, 0.1) is 0 Å². The quantitative estimate of drug-likeness (QED) is 0.215. The minimum atomic E-state index is -0.712. The molecule has 0 spiro atoms. The van der Waals surface area contributed by atoms with E-state index in [0.29, 0.717) is 0 Å². The second-order valence-corrected chi connectivity index (χ2v) is 4.22. The van der Waals surface area contributed by atoms with Crippen LogP contribution in [0.4, 0.5) is 0 Å². The largest absolute Gasteiger partial charge is 0.392 e. The van der Waals surface area contributed by atoms with Crippen molar-refractivity contribution in [1.29, 1.82) is 0 Å². The summed E-state index contributed by atoms with van der Waals surface area (Å²) in [5.41, 5.74) is 10.4. The van der Waals surface area contributed by atoms with Crippen molar-refractivity contribution < 1.29 is 20.4 Å². The summed E-state index contributed by atoms with van der Waals surface area (Å²) < 4.78 is 0. The summed E-state index contributed by atoms with van der Waals surface area (Å²) in [4.78, 5) is 0. The van der Waals surface area contributed by atoms with Crippen molar-refractivity contribution in [3.63, 3.8) is 0 Å². The van der Waals surface area contributed by atoms with E-state index in [0.717, 1.165) is 0 Å². The summed E-state index contributed by atoms with van der Waals surface area (Å²) in [5.74, 6) is 0. The van der Waals surface area contributed by atoms with Crippen molar-refractivity contribution in [1.82, 2.24) is 5.32 Å². The number of hydrogen-bond acceptors (Lipinski definition) is 7. The number of rotatable bonds is 10. The van der Waals surface area contributed by atoms with Gasteiger partial charge < -0.3 is 37.2 Å². The Labute approximate surface area is 101 Å². The maximum Gasteiger partial charge on any atom is 0.0689 e. The fourth-order valence-electron chi connectivity index (χ4n) is 1.40. The molecule has 0 bridgehead atoms. The Morgan fingerprint density at radius 2 is 1.06 bits per heavy atom. The van der Waals surface area contributed by atoms with Gasteiger partial charge in [-0.1, -0.05) is 0 Å². The van der Waals surface area contributed by atoms with Gasteiger partial charge in [-0.05, 0) is 0 Å². The molecule has 9 N–H and O–H groups in total. The molecule has 0 heterocycles.